The molecule has 158 valence electrons. The van der Waals surface area contributed by atoms with Crippen LogP contribution in [0.2, 0.25) is 0 Å². The number of ketones is 1. The van der Waals surface area contributed by atoms with Gasteiger partial charge in [-0.2, -0.15) is 0 Å². The lowest BCUT2D eigenvalue weighted by atomic mass is 9.94. The van der Waals surface area contributed by atoms with E-state index in [0.29, 0.717) is 47.7 Å². The van der Waals surface area contributed by atoms with Crippen molar-refractivity contribution in [1.82, 2.24) is 9.80 Å². The molecular weight excluding hydrogens is 408 g/mol. The second-order valence-corrected chi connectivity index (χ2v) is 8.70. The number of amides is 2. The SMILES string of the molecule is Cc1ccc(C)c(C(=O)c2ccccc2C(=O)N2CCN(C(=O)c3cccs3)CC2)c1. The van der Waals surface area contributed by atoms with Gasteiger partial charge in [0, 0.05) is 37.3 Å². The molecule has 0 aliphatic carbocycles. The van der Waals surface area contributed by atoms with Gasteiger partial charge in [-0.1, -0.05) is 42.0 Å². The van der Waals surface area contributed by atoms with Crippen molar-refractivity contribution in [1.29, 1.82) is 0 Å². The highest BCUT2D eigenvalue weighted by Crippen LogP contribution is 2.21. The fourth-order valence-electron chi connectivity index (χ4n) is 3.83. The van der Waals surface area contributed by atoms with Crippen LogP contribution in [-0.4, -0.2) is 53.6 Å². The number of carbonyl (C=O) groups excluding carboxylic acids is 3. The summed E-state index contributed by atoms with van der Waals surface area (Å²) in [5, 5.41) is 1.89. The summed E-state index contributed by atoms with van der Waals surface area (Å²) in [7, 11) is 0. The third-order valence-electron chi connectivity index (χ3n) is 5.63. The molecule has 1 aliphatic heterocycles. The van der Waals surface area contributed by atoms with Crippen LogP contribution in [0.4, 0.5) is 0 Å². The van der Waals surface area contributed by atoms with Crippen molar-refractivity contribution in [3.05, 3.63) is 92.7 Å². The van der Waals surface area contributed by atoms with Gasteiger partial charge in [0.15, 0.2) is 5.78 Å². The van der Waals surface area contributed by atoms with Gasteiger partial charge in [-0.15, -0.1) is 11.3 Å². The van der Waals surface area contributed by atoms with Gasteiger partial charge in [-0.05, 0) is 43.0 Å². The van der Waals surface area contributed by atoms with Gasteiger partial charge >= 0.3 is 0 Å². The van der Waals surface area contributed by atoms with E-state index in [0.717, 1.165) is 11.1 Å². The number of piperazine rings is 1. The summed E-state index contributed by atoms with van der Waals surface area (Å²) in [5.74, 6) is -0.304. The molecule has 0 bridgehead atoms. The van der Waals surface area contributed by atoms with E-state index in [1.165, 1.54) is 11.3 Å². The highest BCUT2D eigenvalue weighted by molar-refractivity contribution is 7.12. The van der Waals surface area contributed by atoms with Crippen molar-refractivity contribution in [3.8, 4) is 0 Å². The molecule has 0 N–H and O–H groups in total. The molecule has 6 heteroatoms. The number of thiophene rings is 1. The standard InChI is InChI=1S/C25H24N2O3S/c1-17-9-10-18(2)21(16-17)23(28)19-6-3-4-7-20(19)24(29)26-11-13-27(14-12-26)25(30)22-8-5-15-31-22/h3-10,15-16H,11-14H2,1-2H3. The molecule has 0 radical (unpaired) electrons. The lowest BCUT2D eigenvalue weighted by Crippen LogP contribution is -2.50. The first-order chi connectivity index (χ1) is 15.0. The van der Waals surface area contributed by atoms with Gasteiger partial charge in [0.1, 0.15) is 0 Å². The monoisotopic (exact) mass is 432 g/mol. The molecule has 31 heavy (non-hydrogen) atoms. The summed E-state index contributed by atoms with van der Waals surface area (Å²) in [6.07, 6.45) is 0. The van der Waals surface area contributed by atoms with E-state index in [4.69, 9.17) is 0 Å². The van der Waals surface area contributed by atoms with Gasteiger partial charge in [0.2, 0.25) is 0 Å². The van der Waals surface area contributed by atoms with Crippen LogP contribution in [0.15, 0.2) is 60.0 Å². The highest BCUT2D eigenvalue weighted by Gasteiger charge is 2.28. The van der Waals surface area contributed by atoms with Gasteiger partial charge in [0.05, 0.1) is 10.4 Å². The molecule has 4 rings (SSSR count). The Labute approximate surface area is 185 Å². The molecule has 2 heterocycles. The predicted octanol–water partition coefficient (Wildman–Crippen LogP) is 4.19. The van der Waals surface area contributed by atoms with Crippen LogP contribution in [0.3, 0.4) is 0 Å². The van der Waals surface area contributed by atoms with Crippen molar-refractivity contribution >= 4 is 28.9 Å². The van der Waals surface area contributed by atoms with Crippen molar-refractivity contribution < 1.29 is 14.4 Å². The van der Waals surface area contributed by atoms with Crippen molar-refractivity contribution in [3.63, 3.8) is 0 Å². The van der Waals surface area contributed by atoms with E-state index in [9.17, 15) is 14.4 Å². The van der Waals surface area contributed by atoms with E-state index in [-0.39, 0.29) is 17.6 Å². The summed E-state index contributed by atoms with van der Waals surface area (Å²) < 4.78 is 0. The average Bonchev–Trinajstić information content (AvgIpc) is 3.34. The highest BCUT2D eigenvalue weighted by atomic mass is 32.1. The Bertz CT molecular complexity index is 1130. The number of rotatable bonds is 4. The van der Waals surface area contributed by atoms with Crippen LogP contribution in [0.5, 0.6) is 0 Å². The number of nitrogens with zero attached hydrogens (tertiary/aromatic N) is 2. The largest absolute Gasteiger partial charge is 0.335 e. The molecular formula is C25H24N2O3S. The second-order valence-electron chi connectivity index (χ2n) is 7.75. The van der Waals surface area contributed by atoms with Crippen molar-refractivity contribution in [2.75, 3.05) is 26.2 Å². The van der Waals surface area contributed by atoms with Gasteiger partial charge < -0.3 is 9.80 Å². The summed E-state index contributed by atoms with van der Waals surface area (Å²) in [6.45, 7) is 5.71. The van der Waals surface area contributed by atoms with E-state index in [1.54, 1.807) is 34.1 Å². The zero-order valence-corrected chi connectivity index (χ0v) is 18.4. The van der Waals surface area contributed by atoms with Gasteiger partial charge in [-0.3, -0.25) is 14.4 Å². The maximum atomic E-state index is 13.3. The van der Waals surface area contributed by atoms with Crippen LogP contribution in [0, 0.1) is 13.8 Å². The predicted molar refractivity (Wildman–Crippen MR) is 122 cm³/mol. The molecule has 2 aromatic carbocycles. The Morgan fingerprint density at radius 2 is 1.39 bits per heavy atom. The normalized spacial score (nSPS) is 13.9. The molecule has 2 amide bonds. The molecule has 0 saturated carbocycles. The number of hydrogen-bond acceptors (Lipinski definition) is 4. The summed E-state index contributed by atoms with van der Waals surface area (Å²) in [6, 6.07) is 16.4. The van der Waals surface area contributed by atoms with Crippen LogP contribution < -0.4 is 0 Å². The minimum Gasteiger partial charge on any atom is -0.335 e. The minimum absolute atomic E-state index is 0.00704. The van der Waals surface area contributed by atoms with Crippen molar-refractivity contribution in [2.45, 2.75) is 13.8 Å². The van der Waals surface area contributed by atoms with Crippen LogP contribution in [0.1, 0.15) is 47.1 Å². The van der Waals surface area contributed by atoms with Gasteiger partial charge in [0.25, 0.3) is 11.8 Å². The Morgan fingerprint density at radius 3 is 2.03 bits per heavy atom. The minimum atomic E-state index is -0.169. The first-order valence-corrected chi connectivity index (χ1v) is 11.2. The first kappa shape index (κ1) is 21.0. The topological polar surface area (TPSA) is 57.7 Å². The van der Waals surface area contributed by atoms with E-state index in [1.807, 2.05) is 49.6 Å². The zero-order valence-electron chi connectivity index (χ0n) is 17.6. The maximum Gasteiger partial charge on any atom is 0.264 e. The lowest BCUT2D eigenvalue weighted by Gasteiger charge is -2.34. The fraction of sp³-hybridized carbons (Fsp3) is 0.240. The van der Waals surface area contributed by atoms with Crippen LogP contribution in [-0.2, 0) is 0 Å². The first-order valence-electron chi connectivity index (χ1n) is 10.3. The molecule has 5 nitrogen and oxygen atoms in total. The molecule has 1 aromatic heterocycles. The second kappa shape index (κ2) is 8.86. The number of aryl methyl sites for hydroxylation is 2. The summed E-state index contributed by atoms with van der Waals surface area (Å²) in [4.78, 5) is 43.3. The third kappa shape index (κ3) is 4.30. The van der Waals surface area contributed by atoms with Crippen LogP contribution >= 0.6 is 11.3 Å². The smallest absolute Gasteiger partial charge is 0.264 e. The molecule has 0 spiro atoms. The molecule has 1 fully saturated rings. The van der Waals surface area contributed by atoms with Crippen LogP contribution in [0.25, 0.3) is 0 Å². The summed E-state index contributed by atoms with van der Waals surface area (Å²) >= 11 is 1.42. The molecule has 1 saturated heterocycles. The molecule has 3 aromatic rings. The molecule has 1 aliphatic rings. The lowest BCUT2D eigenvalue weighted by molar-refractivity contribution is 0.0537. The van der Waals surface area contributed by atoms with E-state index >= 15 is 0 Å². The maximum absolute atomic E-state index is 13.3. The van der Waals surface area contributed by atoms with Crippen molar-refractivity contribution in [2.24, 2.45) is 0 Å². The number of benzene rings is 2. The van der Waals surface area contributed by atoms with Gasteiger partial charge in [-0.25, -0.2) is 0 Å². The third-order valence-corrected chi connectivity index (χ3v) is 6.48. The average molecular weight is 433 g/mol. The Morgan fingerprint density at radius 1 is 0.742 bits per heavy atom. The quantitative estimate of drug-likeness (QED) is 0.581. The van der Waals surface area contributed by atoms with E-state index < -0.39 is 0 Å². The Hall–Kier alpha value is -3.25. The zero-order chi connectivity index (χ0) is 22.0. The molecule has 0 unspecified atom stereocenters. The molecule has 0 atom stereocenters. The fourth-order valence-corrected chi connectivity index (χ4v) is 4.52. The number of hydrogen-bond donors (Lipinski definition) is 0. The number of carbonyl (C=O) groups is 3. The Kier molecular flexibility index (Phi) is 6.00. The Balaban J connectivity index is 1.52. The summed E-state index contributed by atoms with van der Waals surface area (Å²) in [5.41, 5.74) is 3.33. The van der Waals surface area contributed by atoms with E-state index in [2.05, 4.69) is 0 Å².